The third-order valence-electron chi connectivity index (χ3n) is 3.21. The second-order valence-electron chi connectivity index (χ2n) is 4.79. The minimum absolute atomic E-state index is 0.386. The van der Waals surface area contributed by atoms with Gasteiger partial charge in [-0.25, -0.2) is 4.79 Å². The van der Waals surface area contributed by atoms with Crippen LogP contribution in [0.4, 0.5) is 16.2 Å². The number of carbonyl (C=O) groups is 1. The normalized spacial score (nSPS) is 12.4. The summed E-state index contributed by atoms with van der Waals surface area (Å²) in [6, 6.07) is 9.83. The molecule has 1 aliphatic heterocycles. The maximum atomic E-state index is 12.0. The summed E-state index contributed by atoms with van der Waals surface area (Å²) in [5.74, 6) is 1.83. The molecule has 2 aromatic carbocycles. The number of halogens is 1. The van der Waals surface area contributed by atoms with E-state index in [4.69, 9.17) is 25.8 Å². The Labute approximate surface area is 138 Å². The van der Waals surface area contributed by atoms with E-state index in [9.17, 15) is 4.79 Å². The van der Waals surface area contributed by atoms with E-state index in [1.807, 2.05) is 0 Å². The van der Waals surface area contributed by atoms with Gasteiger partial charge in [-0.2, -0.15) is 0 Å². The van der Waals surface area contributed by atoms with E-state index in [0.29, 0.717) is 46.9 Å². The van der Waals surface area contributed by atoms with Gasteiger partial charge in [0.2, 0.25) is 0 Å². The molecule has 0 bridgehead atoms. The summed E-state index contributed by atoms with van der Waals surface area (Å²) in [6.45, 7) is 1.02. The number of urea groups is 1. The Bertz CT molecular complexity index is 736. The van der Waals surface area contributed by atoms with Crippen LogP contribution < -0.4 is 24.8 Å². The Morgan fingerprint density at radius 2 is 1.70 bits per heavy atom. The predicted octanol–water partition coefficient (Wildman–Crippen LogP) is 3.76. The van der Waals surface area contributed by atoms with Crippen molar-refractivity contribution in [2.45, 2.75) is 0 Å². The van der Waals surface area contributed by atoms with E-state index in [1.165, 1.54) is 7.11 Å². The van der Waals surface area contributed by atoms with Crippen LogP contribution in [0.3, 0.4) is 0 Å². The molecule has 120 valence electrons. The number of rotatable bonds is 3. The smallest absolute Gasteiger partial charge is 0.323 e. The van der Waals surface area contributed by atoms with Crippen molar-refractivity contribution in [3.8, 4) is 17.2 Å². The Morgan fingerprint density at radius 1 is 1.04 bits per heavy atom. The average molecular weight is 335 g/mol. The molecule has 2 N–H and O–H groups in total. The maximum Gasteiger partial charge on any atom is 0.323 e. The van der Waals surface area contributed by atoms with Gasteiger partial charge in [-0.15, -0.1) is 0 Å². The lowest BCUT2D eigenvalue weighted by Gasteiger charge is -2.19. The minimum atomic E-state index is -0.386. The molecule has 1 heterocycles. The molecule has 6 nitrogen and oxygen atoms in total. The molecule has 3 rings (SSSR count). The van der Waals surface area contributed by atoms with Crippen molar-refractivity contribution in [3.05, 3.63) is 41.4 Å². The van der Waals surface area contributed by atoms with Gasteiger partial charge >= 0.3 is 6.03 Å². The van der Waals surface area contributed by atoms with Gasteiger partial charge in [0.1, 0.15) is 19.0 Å². The lowest BCUT2D eigenvalue weighted by molar-refractivity contribution is 0.171. The van der Waals surface area contributed by atoms with Crippen molar-refractivity contribution in [2.75, 3.05) is 31.0 Å². The van der Waals surface area contributed by atoms with Gasteiger partial charge in [-0.3, -0.25) is 0 Å². The quantitative estimate of drug-likeness (QED) is 0.896. The van der Waals surface area contributed by atoms with E-state index >= 15 is 0 Å². The standard InChI is InChI=1S/C16H15ClN2O4/c1-21-13-4-2-10(8-12(13)17)18-16(20)19-11-3-5-14-15(9-11)23-7-6-22-14/h2-5,8-9H,6-7H2,1H3,(H2,18,19,20). The van der Waals surface area contributed by atoms with Gasteiger partial charge in [0, 0.05) is 17.4 Å². The third kappa shape index (κ3) is 3.60. The molecule has 0 spiro atoms. The van der Waals surface area contributed by atoms with Gasteiger partial charge in [0.15, 0.2) is 11.5 Å². The highest BCUT2D eigenvalue weighted by molar-refractivity contribution is 6.32. The molecule has 0 fully saturated rings. The SMILES string of the molecule is COc1ccc(NC(=O)Nc2ccc3c(c2)OCCO3)cc1Cl. The molecule has 7 heteroatoms. The van der Waals surface area contributed by atoms with Crippen molar-refractivity contribution in [1.29, 1.82) is 0 Å². The van der Waals surface area contributed by atoms with Crippen LogP contribution in [0.25, 0.3) is 0 Å². The Balaban J connectivity index is 1.66. The predicted molar refractivity (Wildman–Crippen MR) is 88.1 cm³/mol. The van der Waals surface area contributed by atoms with Crippen LogP contribution in [0.15, 0.2) is 36.4 Å². The van der Waals surface area contributed by atoms with E-state index < -0.39 is 0 Å². The fraction of sp³-hybridized carbons (Fsp3) is 0.188. The minimum Gasteiger partial charge on any atom is -0.495 e. The Morgan fingerprint density at radius 3 is 2.39 bits per heavy atom. The van der Waals surface area contributed by atoms with Gasteiger partial charge in [0.05, 0.1) is 12.1 Å². The highest BCUT2D eigenvalue weighted by Crippen LogP contribution is 2.32. The molecule has 0 unspecified atom stereocenters. The van der Waals surface area contributed by atoms with Gasteiger partial charge < -0.3 is 24.8 Å². The molecule has 0 saturated carbocycles. The maximum absolute atomic E-state index is 12.0. The molecule has 0 saturated heterocycles. The number of methoxy groups -OCH3 is 1. The van der Waals surface area contributed by atoms with E-state index in [1.54, 1.807) is 36.4 Å². The van der Waals surface area contributed by atoms with E-state index in [2.05, 4.69) is 10.6 Å². The van der Waals surface area contributed by atoms with Crippen molar-refractivity contribution in [1.82, 2.24) is 0 Å². The largest absolute Gasteiger partial charge is 0.495 e. The fourth-order valence-corrected chi connectivity index (χ4v) is 2.42. The molecule has 0 radical (unpaired) electrons. The summed E-state index contributed by atoms with van der Waals surface area (Å²) in [7, 11) is 1.53. The number of anilines is 2. The van der Waals surface area contributed by atoms with Crippen LogP contribution in [-0.4, -0.2) is 26.4 Å². The summed E-state index contributed by atoms with van der Waals surface area (Å²) < 4.78 is 16.0. The van der Waals surface area contributed by atoms with Crippen LogP contribution in [0.2, 0.25) is 5.02 Å². The van der Waals surface area contributed by atoms with Crippen molar-refractivity contribution >= 4 is 29.0 Å². The van der Waals surface area contributed by atoms with Crippen molar-refractivity contribution in [3.63, 3.8) is 0 Å². The second-order valence-corrected chi connectivity index (χ2v) is 5.19. The van der Waals surface area contributed by atoms with Crippen LogP contribution >= 0.6 is 11.6 Å². The van der Waals surface area contributed by atoms with Crippen LogP contribution in [-0.2, 0) is 0 Å². The Hall–Kier alpha value is -2.60. The molecule has 0 aliphatic carbocycles. The van der Waals surface area contributed by atoms with E-state index in [-0.39, 0.29) is 6.03 Å². The first-order chi connectivity index (χ1) is 11.2. The first-order valence-corrected chi connectivity index (χ1v) is 7.35. The molecule has 2 amide bonds. The summed E-state index contributed by atoms with van der Waals surface area (Å²) in [5, 5.41) is 5.85. The fourth-order valence-electron chi connectivity index (χ4n) is 2.16. The first kappa shape index (κ1) is 15.3. The molecule has 23 heavy (non-hydrogen) atoms. The highest BCUT2D eigenvalue weighted by atomic mass is 35.5. The zero-order valence-corrected chi connectivity index (χ0v) is 13.1. The number of carbonyl (C=O) groups excluding carboxylic acids is 1. The monoisotopic (exact) mass is 334 g/mol. The van der Waals surface area contributed by atoms with Gasteiger partial charge in [-0.05, 0) is 30.3 Å². The van der Waals surface area contributed by atoms with Gasteiger partial charge in [-0.1, -0.05) is 11.6 Å². The summed E-state index contributed by atoms with van der Waals surface area (Å²) in [4.78, 5) is 12.0. The molecular formula is C16H15ClN2O4. The van der Waals surface area contributed by atoms with E-state index in [0.717, 1.165) is 0 Å². The van der Waals surface area contributed by atoms with Crippen molar-refractivity contribution < 1.29 is 19.0 Å². The molecule has 0 atom stereocenters. The van der Waals surface area contributed by atoms with Crippen molar-refractivity contribution in [2.24, 2.45) is 0 Å². The number of nitrogens with one attached hydrogen (secondary N) is 2. The average Bonchev–Trinajstić information content (AvgIpc) is 2.55. The second kappa shape index (κ2) is 6.66. The number of hydrogen-bond donors (Lipinski definition) is 2. The first-order valence-electron chi connectivity index (χ1n) is 6.97. The zero-order chi connectivity index (χ0) is 16.2. The summed E-state index contributed by atoms with van der Waals surface area (Å²) in [5.41, 5.74) is 1.16. The Kier molecular flexibility index (Phi) is 4.43. The molecule has 1 aliphatic rings. The lowest BCUT2D eigenvalue weighted by atomic mass is 10.2. The van der Waals surface area contributed by atoms with Crippen LogP contribution in [0.1, 0.15) is 0 Å². The third-order valence-corrected chi connectivity index (χ3v) is 3.51. The molecular weight excluding hydrogens is 320 g/mol. The summed E-state index contributed by atoms with van der Waals surface area (Å²) >= 11 is 6.03. The number of benzene rings is 2. The zero-order valence-electron chi connectivity index (χ0n) is 12.4. The summed E-state index contributed by atoms with van der Waals surface area (Å²) in [6.07, 6.45) is 0. The molecule has 2 aromatic rings. The topological polar surface area (TPSA) is 68.8 Å². The number of amides is 2. The molecule has 0 aromatic heterocycles. The van der Waals surface area contributed by atoms with Gasteiger partial charge in [0.25, 0.3) is 0 Å². The highest BCUT2D eigenvalue weighted by Gasteiger charge is 2.13. The number of ether oxygens (including phenoxy) is 3. The van der Waals surface area contributed by atoms with Crippen LogP contribution in [0.5, 0.6) is 17.2 Å². The number of fused-ring (bicyclic) bond motifs is 1. The lowest BCUT2D eigenvalue weighted by Crippen LogP contribution is -2.20. The van der Waals surface area contributed by atoms with Crippen LogP contribution in [0, 0.1) is 0 Å². The number of hydrogen-bond acceptors (Lipinski definition) is 4.